The molecule has 4 N–H and O–H groups in total. The van der Waals surface area contributed by atoms with Gasteiger partial charge in [0.15, 0.2) is 0 Å². The van der Waals surface area contributed by atoms with Gasteiger partial charge in [0.25, 0.3) is 5.91 Å². The standard InChI is InChI=1S/C33H37ClF3N7O4/c1-42-11-13-44(14-12-42)29(45)21-4-2-3-20(15-21)24-16-22(34)5-6-23(24)28(33(35,36)37)48-27-17-26(40-31(38)41-27)43-9-7-32(8-10-43)18-25(30(46)47)39-19-32/h2-6,15-17,25,28,39H,7-14,18-19H2,1H3,(H,46,47)(H2,38,40,41)/t25-,28+/m0/s1. The summed E-state index contributed by atoms with van der Waals surface area (Å²) in [6.07, 6.45) is -5.45. The Labute approximate surface area is 280 Å². The summed E-state index contributed by atoms with van der Waals surface area (Å²) < 4.78 is 50.1. The first-order valence-corrected chi connectivity index (χ1v) is 16.1. The van der Waals surface area contributed by atoms with Crippen molar-refractivity contribution in [1.82, 2.24) is 25.1 Å². The molecule has 4 heterocycles. The van der Waals surface area contributed by atoms with Crippen molar-refractivity contribution in [3.8, 4) is 17.0 Å². The fourth-order valence-corrected chi connectivity index (χ4v) is 6.95. The Morgan fingerprint density at radius 1 is 1.06 bits per heavy atom. The number of carboxylic acids is 1. The van der Waals surface area contributed by atoms with E-state index in [1.54, 1.807) is 29.2 Å². The minimum atomic E-state index is -4.87. The number of nitrogens with two attached hydrogens (primary N) is 1. The Morgan fingerprint density at radius 3 is 2.46 bits per heavy atom. The van der Waals surface area contributed by atoms with E-state index in [9.17, 15) is 27.9 Å². The van der Waals surface area contributed by atoms with E-state index in [4.69, 9.17) is 22.1 Å². The third-order valence-electron chi connectivity index (χ3n) is 9.56. The highest BCUT2D eigenvalue weighted by Gasteiger charge is 2.46. The number of piperidine rings is 1. The summed E-state index contributed by atoms with van der Waals surface area (Å²) in [6, 6.07) is 11.3. The maximum Gasteiger partial charge on any atom is 0.429 e. The van der Waals surface area contributed by atoms with Crippen LogP contribution in [0, 0.1) is 5.41 Å². The number of halogens is 4. The number of piperazine rings is 1. The second-order valence-corrected chi connectivity index (χ2v) is 13.3. The van der Waals surface area contributed by atoms with Crippen molar-refractivity contribution in [2.75, 3.05) is 63.5 Å². The van der Waals surface area contributed by atoms with Crippen LogP contribution in [0.1, 0.15) is 41.3 Å². The van der Waals surface area contributed by atoms with Crippen molar-refractivity contribution in [1.29, 1.82) is 0 Å². The van der Waals surface area contributed by atoms with Crippen LogP contribution in [0.15, 0.2) is 48.5 Å². The lowest BCUT2D eigenvalue weighted by Gasteiger charge is -2.39. The lowest BCUT2D eigenvalue weighted by molar-refractivity contribution is -0.198. The summed E-state index contributed by atoms with van der Waals surface area (Å²) in [5, 5.41) is 12.7. The molecule has 0 radical (unpaired) electrons. The number of hydrogen-bond donors (Lipinski definition) is 3. The van der Waals surface area contributed by atoms with Crippen LogP contribution in [0.4, 0.5) is 24.9 Å². The van der Waals surface area contributed by atoms with Gasteiger partial charge in [-0.2, -0.15) is 23.1 Å². The number of nitrogens with one attached hydrogen (secondary N) is 1. The maximum absolute atomic E-state index is 14.8. The molecule has 3 aliphatic heterocycles. The quantitative estimate of drug-likeness (QED) is 0.326. The van der Waals surface area contributed by atoms with Gasteiger partial charge in [0, 0.05) is 68.0 Å². The molecule has 2 atom stereocenters. The molecule has 0 aliphatic carbocycles. The number of anilines is 2. The normalized spacial score (nSPS) is 20.6. The third-order valence-corrected chi connectivity index (χ3v) is 9.79. The number of carboxylic acid groups (broad SMARTS) is 1. The summed E-state index contributed by atoms with van der Waals surface area (Å²) >= 11 is 6.30. The zero-order chi connectivity index (χ0) is 34.2. The van der Waals surface area contributed by atoms with Crippen LogP contribution in [0.2, 0.25) is 5.02 Å². The second kappa shape index (κ2) is 13.4. The Bertz CT molecular complexity index is 1680. The Hall–Kier alpha value is -4.14. The Balaban J connectivity index is 1.26. The molecule has 0 saturated carbocycles. The highest BCUT2D eigenvalue weighted by Crippen LogP contribution is 2.43. The van der Waals surface area contributed by atoms with Gasteiger partial charge in [-0.3, -0.25) is 9.59 Å². The molecule has 3 aliphatic rings. The topological polar surface area (TPSA) is 137 Å². The smallest absolute Gasteiger partial charge is 0.429 e. The van der Waals surface area contributed by atoms with Gasteiger partial charge in [-0.1, -0.05) is 29.8 Å². The van der Waals surface area contributed by atoms with Crippen LogP contribution < -0.4 is 20.7 Å². The van der Waals surface area contributed by atoms with Crippen molar-refractivity contribution in [2.45, 2.75) is 37.6 Å². The zero-order valence-electron chi connectivity index (χ0n) is 26.3. The van der Waals surface area contributed by atoms with Gasteiger partial charge in [0.1, 0.15) is 11.9 Å². The van der Waals surface area contributed by atoms with Crippen LogP contribution in [-0.2, 0) is 4.79 Å². The van der Waals surface area contributed by atoms with E-state index >= 15 is 0 Å². The summed E-state index contributed by atoms with van der Waals surface area (Å²) in [6.45, 7) is 4.17. The van der Waals surface area contributed by atoms with Crippen molar-refractivity contribution in [2.24, 2.45) is 5.41 Å². The van der Waals surface area contributed by atoms with Crippen LogP contribution in [0.5, 0.6) is 5.88 Å². The SMILES string of the molecule is CN1CCN(C(=O)c2cccc(-c3cc(Cl)ccc3[C@@H](Oc3cc(N4CCC5(CC4)CN[C@H](C(=O)O)C5)nc(N)n3)C(F)(F)F)c2)CC1. The van der Waals surface area contributed by atoms with E-state index in [1.165, 1.54) is 24.3 Å². The fraction of sp³-hybridized carbons (Fsp3) is 0.455. The van der Waals surface area contributed by atoms with Gasteiger partial charge in [0.05, 0.1) is 0 Å². The van der Waals surface area contributed by atoms with E-state index in [0.717, 1.165) is 13.1 Å². The van der Waals surface area contributed by atoms with Gasteiger partial charge in [-0.15, -0.1) is 0 Å². The monoisotopic (exact) mass is 687 g/mol. The van der Waals surface area contributed by atoms with Crippen LogP contribution in [0.25, 0.3) is 11.1 Å². The van der Waals surface area contributed by atoms with Gasteiger partial charge in [0.2, 0.25) is 17.9 Å². The van der Waals surface area contributed by atoms with Crippen molar-refractivity contribution in [3.63, 3.8) is 0 Å². The minimum absolute atomic E-state index is 0.159. The minimum Gasteiger partial charge on any atom is -0.480 e. The Kier molecular flexibility index (Phi) is 9.42. The fourth-order valence-electron chi connectivity index (χ4n) is 6.78. The lowest BCUT2D eigenvalue weighted by Crippen LogP contribution is -2.47. The summed E-state index contributed by atoms with van der Waals surface area (Å²) in [4.78, 5) is 38.8. The molecule has 1 aromatic heterocycles. The van der Waals surface area contributed by atoms with Crippen LogP contribution in [0.3, 0.4) is 0 Å². The highest BCUT2D eigenvalue weighted by atomic mass is 35.5. The summed E-state index contributed by atoms with van der Waals surface area (Å²) in [7, 11) is 1.98. The number of benzene rings is 2. The molecule has 11 nitrogen and oxygen atoms in total. The number of aromatic nitrogens is 2. The molecule has 48 heavy (non-hydrogen) atoms. The molecule has 0 bridgehead atoms. The molecule has 2 aromatic carbocycles. The summed E-state index contributed by atoms with van der Waals surface area (Å²) in [5.41, 5.74) is 6.48. The highest BCUT2D eigenvalue weighted by molar-refractivity contribution is 6.30. The lowest BCUT2D eigenvalue weighted by atomic mass is 9.76. The van der Waals surface area contributed by atoms with Gasteiger partial charge in [-0.05, 0) is 67.1 Å². The number of alkyl halides is 3. The second-order valence-electron chi connectivity index (χ2n) is 12.8. The first kappa shape index (κ1) is 33.7. The molecule has 3 aromatic rings. The van der Waals surface area contributed by atoms with E-state index in [-0.39, 0.29) is 39.3 Å². The number of hydrogen-bond acceptors (Lipinski definition) is 9. The third kappa shape index (κ3) is 7.30. The number of ether oxygens (including phenoxy) is 1. The maximum atomic E-state index is 14.8. The van der Waals surface area contributed by atoms with E-state index in [1.807, 2.05) is 11.9 Å². The van der Waals surface area contributed by atoms with Gasteiger partial charge < -0.3 is 35.6 Å². The number of rotatable bonds is 7. The van der Waals surface area contributed by atoms with Gasteiger partial charge in [-0.25, -0.2) is 0 Å². The molecule has 3 saturated heterocycles. The van der Waals surface area contributed by atoms with Crippen LogP contribution >= 0.6 is 11.6 Å². The van der Waals surface area contributed by atoms with Gasteiger partial charge >= 0.3 is 12.1 Å². The molecular formula is C33H37ClF3N7O4. The van der Waals surface area contributed by atoms with E-state index in [0.29, 0.717) is 68.9 Å². The largest absolute Gasteiger partial charge is 0.480 e. The van der Waals surface area contributed by atoms with Crippen molar-refractivity contribution >= 4 is 35.2 Å². The van der Waals surface area contributed by atoms with Crippen LogP contribution in [-0.4, -0.2) is 102 Å². The van der Waals surface area contributed by atoms with Crippen molar-refractivity contribution < 1.29 is 32.6 Å². The predicted octanol–water partition coefficient (Wildman–Crippen LogP) is 4.48. The van der Waals surface area contributed by atoms with Crippen molar-refractivity contribution in [3.05, 3.63) is 64.7 Å². The molecule has 3 fully saturated rings. The van der Waals surface area contributed by atoms with E-state index < -0.39 is 24.3 Å². The number of nitrogen functional groups attached to an aromatic ring is 1. The summed E-state index contributed by atoms with van der Waals surface area (Å²) in [5.74, 6) is -1.36. The molecule has 256 valence electrons. The molecular weight excluding hydrogens is 651 g/mol. The van der Waals surface area contributed by atoms with E-state index in [2.05, 4.69) is 20.2 Å². The molecule has 1 spiro atoms. The first-order valence-electron chi connectivity index (χ1n) is 15.8. The average molecular weight is 688 g/mol. The molecule has 15 heteroatoms. The number of amides is 1. The number of aliphatic carboxylic acids is 1. The number of carbonyl (C=O) groups excluding carboxylic acids is 1. The number of nitrogens with zero attached hydrogens (tertiary/aromatic N) is 5. The molecule has 0 unspecified atom stereocenters. The first-order chi connectivity index (χ1) is 22.8. The number of carbonyl (C=O) groups is 2. The molecule has 1 amide bonds. The average Bonchev–Trinajstić information content (AvgIpc) is 3.47. The zero-order valence-corrected chi connectivity index (χ0v) is 27.1. The Morgan fingerprint density at radius 2 is 1.79 bits per heavy atom. The molecule has 6 rings (SSSR count). The number of likely N-dealkylation sites (N-methyl/N-ethyl adjacent to an activating group) is 1. The predicted molar refractivity (Wildman–Crippen MR) is 174 cm³/mol.